The lowest BCUT2D eigenvalue weighted by Gasteiger charge is -2.26. The predicted molar refractivity (Wildman–Crippen MR) is 80.8 cm³/mol. The Morgan fingerprint density at radius 2 is 2.00 bits per heavy atom. The monoisotopic (exact) mass is 321 g/mol. The molecule has 2 fully saturated rings. The molecule has 1 N–H and O–H groups in total. The van der Waals surface area contributed by atoms with Gasteiger partial charge in [-0.1, -0.05) is 18.0 Å². The standard InChI is InChI=1S/C16H23N3O4/c1-10(16(21)22)19(12-6-7-12)14(20)9-8-13-17-15(18-23-13)11-4-2-3-5-11/h10-12H,2-9H2,1H3,(H,21,22). The Bertz CT molecular complexity index is 576. The van der Waals surface area contributed by atoms with Gasteiger partial charge in [0.25, 0.3) is 0 Å². The van der Waals surface area contributed by atoms with Crippen molar-refractivity contribution in [1.29, 1.82) is 0 Å². The number of aromatic nitrogens is 2. The highest BCUT2D eigenvalue weighted by Crippen LogP contribution is 2.32. The Balaban J connectivity index is 1.56. The van der Waals surface area contributed by atoms with Gasteiger partial charge in [0.15, 0.2) is 5.82 Å². The minimum atomic E-state index is -0.966. The lowest BCUT2D eigenvalue weighted by atomic mass is 10.1. The Labute approximate surface area is 135 Å². The maximum Gasteiger partial charge on any atom is 0.326 e. The number of carboxylic acid groups (broad SMARTS) is 1. The lowest BCUT2D eigenvalue weighted by molar-refractivity contribution is -0.150. The summed E-state index contributed by atoms with van der Waals surface area (Å²) in [5, 5.41) is 13.2. The van der Waals surface area contributed by atoms with Crippen LogP contribution < -0.4 is 0 Å². The van der Waals surface area contributed by atoms with Crippen LogP contribution in [0.2, 0.25) is 0 Å². The van der Waals surface area contributed by atoms with Crippen molar-refractivity contribution < 1.29 is 19.2 Å². The van der Waals surface area contributed by atoms with E-state index >= 15 is 0 Å². The quantitative estimate of drug-likeness (QED) is 0.826. The van der Waals surface area contributed by atoms with Gasteiger partial charge in [-0.2, -0.15) is 4.98 Å². The fraction of sp³-hybridized carbons (Fsp3) is 0.750. The third kappa shape index (κ3) is 3.71. The zero-order valence-electron chi connectivity index (χ0n) is 13.4. The molecule has 1 atom stereocenters. The van der Waals surface area contributed by atoms with Gasteiger partial charge in [-0.05, 0) is 32.6 Å². The Hall–Kier alpha value is -1.92. The summed E-state index contributed by atoms with van der Waals surface area (Å²) < 4.78 is 5.24. The van der Waals surface area contributed by atoms with Gasteiger partial charge in [-0.25, -0.2) is 4.79 Å². The van der Waals surface area contributed by atoms with Crippen LogP contribution in [0.25, 0.3) is 0 Å². The average Bonchev–Trinajstić information content (AvgIpc) is 3.04. The summed E-state index contributed by atoms with van der Waals surface area (Å²) in [4.78, 5) is 29.4. The predicted octanol–water partition coefficient (Wildman–Crippen LogP) is 2.12. The number of carbonyl (C=O) groups excluding carboxylic acids is 1. The molecule has 7 heteroatoms. The number of aryl methyl sites for hydroxylation is 1. The molecule has 1 aromatic heterocycles. The van der Waals surface area contributed by atoms with Crippen LogP contribution in [0.1, 0.15) is 69.5 Å². The molecular formula is C16H23N3O4. The maximum atomic E-state index is 12.4. The van der Waals surface area contributed by atoms with Crippen LogP contribution in [-0.2, 0) is 16.0 Å². The fourth-order valence-corrected chi connectivity index (χ4v) is 3.27. The summed E-state index contributed by atoms with van der Waals surface area (Å²) in [6.45, 7) is 1.56. The number of hydrogen-bond donors (Lipinski definition) is 1. The minimum Gasteiger partial charge on any atom is -0.480 e. The molecule has 1 heterocycles. The van der Waals surface area contributed by atoms with Gasteiger partial charge in [0.05, 0.1) is 0 Å². The number of amides is 1. The van der Waals surface area contributed by atoms with Gasteiger partial charge in [0.1, 0.15) is 6.04 Å². The van der Waals surface area contributed by atoms with Crippen molar-refractivity contribution in [2.75, 3.05) is 0 Å². The van der Waals surface area contributed by atoms with Gasteiger partial charge in [0, 0.05) is 24.8 Å². The van der Waals surface area contributed by atoms with E-state index in [0.717, 1.165) is 31.5 Å². The second-order valence-corrected chi connectivity index (χ2v) is 6.57. The molecule has 1 amide bonds. The summed E-state index contributed by atoms with van der Waals surface area (Å²) in [6, 6.07) is -0.711. The van der Waals surface area contributed by atoms with E-state index in [1.165, 1.54) is 17.7 Å². The van der Waals surface area contributed by atoms with Crippen LogP contribution in [0, 0.1) is 0 Å². The van der Waals surface area contributed by atoms with E-state index in [4.69, 9.17) is 9.63 Å². The third-order valence-corrected chi connectivity index (χ3v) is 4.76. The molecule has 2 aliphatic rings. The zero-order valence-corrected chi connectivity index (χ0v) is 13.4. The van der Waals surface area contributed by atoms with Crippen LogP contribution in [0.4, 0.5) is 0 Å². The first-order valence-electron chi connectivity index (χ1n) is 8.42. The molecular weight excluding hydrogens is 298 g/mol. The first-order chi connectivity index (χ1) is 11.1. The maximum absolute atomic E-state index is 12.4. The molecule has 126 valence electrons. The SMILES string of the molecule is CC(C(=O)O)N(C(=O)CCc1nc(C2CCCC2)no1)C1CC1. The van der Waals surface area contributed by atoms with Crippen molar-refractivity contribution in [3.63, 3.8) is 0 Å². The Morgan fingerprint density at radius 3 is 2.61 bits per heavy atom. The number of aliphatic carboxylic acids is 1. The van der Waals surface area contributed by atoms with Gasteiger partial charge in [-0.15, -0.1) is 0 Å². The highest BCUT2D eigenvalue weighted by Gasteiger charge is 2.38. The Morgan fingerprint density at radius 1 is 1.30 bits per heavy atom. The van der Waals surface area contributed by atoms with Gasteiger partial charge < -0.3 is 14.5 Å². The number of hydrogen-bond acceptors (Lipinski definition) is 5. The first-order valence-corrected chi connectivity index (χ1v) is 8.42. The normalized spacial score (nSPS) is 19.7. The first kappa shape index (κ1) is 16.0. The van der Waals surface area contributed by atoms with Crippen LogP contribution >= 0.6 is 0 Å². The van der Waals surface area contributed by atoms with Crippen molar-refractivity contribution in [3.05, 3.63) is 11.7 Å². The summed E-state index contributed by atoms with van der Waals surface area (Å²) >= 11 is 0. The number of nitrogens with zero attached hydrogens (tertiary/aromatic N) is 3. The van der Waals surface area contributed by atoms with Gasteiger partial charge >= 0.3 is 5.97 Å². The third-order valence-electron chi connectivity index (χ3n) is 4.76. The van der Waals surface area contributed by atoms with E-state index in [9.17, 15) is 9.59 Å². The summed E-state index contributed by atoms with van der Waals surface area (Å²) in [5.41, 5.74) is 0. The van der Waals surface area contributed by atoms with Gasteiger partial charge in [0.2, 0.25) is 11.8 Å². The van der Waals surface area contributed by atoms with Crippen molar-refractivity contribution in [1.82, 2.24) is 15.0 Å². The molecule has 0 aromatic carbocycles. The molecule has 1 unspecified atom stereocenters. The molecule has 0 bridgehead atoms. The molecule has 1 aromatic rings. The summed E-state index contributed by atoms with van der Waals surface area (Å²) in [7, 11) is 0. The van der Waals surface area contributed by atoms with E-state index in [-0.39, 0.29) is 18.4 Å². The second-order valence-electron chi connectivity index (χ2n) is 6.57. The molecule has 0 aliphatic heterocycles. The van der Waals surface area contributed by atoms with Gasteiger partial charge in [-0.3, -0.25) is 4.79 Å². The van der Waals surface area contributed by atoms with Crippen LogP contribution in [0.3, 0.4) is 0 Å². The van der Waals surface area contributed by atoms with Crippen molar-refractivity contribution in [2.45, 2.75) is 76.3 Å². The largest absolute Gasteiger partial charge is 0.480 e. The molecule has 2 saturated carbocycles. The second kappa shape index (κ2) is 6.68. The van der Waals surface area contributed by atoms with Crippen LogP contribution in [0.15, 0.2) is 4.52 Å². The minimum absolute atomic E-state index is 0.0744. The van der Waals surface area contributed by atoms with Crippen LogP contribution in [-0.4, -0.2) is 44.1 Å². The van der Waals surface area contributed by atoms with Crippen molar-refractivity contribution in [3.8, 4) is 0 Å². The summed E-state index contributed by atoms with van der Waals surface area (Å²) in [5.74, 6) is 0.495. The van der Waals surface area contributed by atoms with Crippen molar-refractivity contribution >= 4 is 11.9 Å². The van der Waals surface area contributed by atoms with E-state index in [2.05, 4.69) is 10.1 Å². The topological polar surface area (TPSA) is 96.5 Å². The molecule has 23 heavy (non-hydrogen) atoms. The number of carboxylic acids is 1. The van der Waals surface area contributed by atoms with E-state index < -0.39 is 12.0 Å². The highest BCUT2D eigenvalue weighted by molar-refractivity contribution is 5.84. The molecule has 2 aliphatic carbocycles. The van der Waals surface area contributed by atoms with E-state index in [1.807, 2.05) is 0 Å². The number of carbonyl (C=O) groups is 2. The zero-order chi connectivity index (χ0) is 16.4. The summed E-state index contributed by atoms with van der Waals surface area (Å²) in [6.07, 6.45) is 6.96. The molecule has 3 rings (SSSR count). The fourth-order valence-electron chi connectivity index (χ4n) is 3.27. The van der Waals surface area contributed by atoms with Crippen molar-refractivity contribution in [2.24, 2.45) is 0 Å². The van der Waals surface area contributed by atoms with E-state index in [1.54, 1.807) is 6.92 Å². The molecule has 0 saturated heterocycles. The average molecular weight is 321 g/mol. The Kier molecular flexibility index (Phi) is 4.63. The number of rotatable bonds is 7. The smallest absolute Gasteiger partial charge is 0.326 e. The molecule has 0 spiro atoms. The van der Waals surface area contributed by atoms with Crippen LogP contribution in [0.5, 0.6) is 0 Å². The van der Waals surface area contributed by atoms with E-state index in [0.29, 0.717) is 18.2 Å². The highest BCUT2D eigenvalue weighted by atomic mass is 16.5. The lowest BCUT2D eigenvalue weighted by Crippen LogP contribution is -2.44. The molecule has 0 radical (unpaired) electrons. The molecule has 7 nitrogen and oxygen atoms in total.